The SMILES string of the molecule is OCC1CC2(c3ccccc3)C(OCc3cc(C(F)(F)F)cc(C(F)(F)F)c3)CCC1N2Cc1ccccc1. The van der Waals surface area contributed by atoms with Crippen LogP contribution in [0.4, 0.5) is 26.3 Å². The van der Waals surface area contributed by atoms with Crippen molar-refractivity contribution in [2.45, 2.75) is 62.5 Å². The molecular weight excluding hydrogens is 520 g/mol. The fourth-order valence-electron chi connectivity index (χ4n) is 6.41. The van der Waals surface area contributed by atoms with Gasteiger partial charge in [-0.3, -0.25) is 4.90 Å². The zero-order chi connectivity index (χ0) is 27.8. The maximum Gasteiger partial charge on any atom is 0.416 e. The van der Waals surface area contributed by atoms with Crippen LogP contribution in [0.1, 0.15) is 47.1 Å². The first-order valence-electron chi connectivity index (χ1n) is 12.9. The molecule has 0 aliphatic carbocycles. The van der Waals surface area contributed by atoms with Crippen molar-refractivity contribution < 1.29 is 36.2 Å². The summed E-state index contributed by atoms with van der Waals surface area (Å²) < 4.78 is 86.9. The van der Waals surface area contributed by atoms with E-state index in [-0.39, 0.29) is 30.2 Å². The van der Waals surface area contributed by atoms with E-state index in [1.807, 2.05) is 60.7 Å². The van der Waals surface area contributed by atoms with E-state index in [0.717, 1.165) is 23.3 Å². The van der Waals surface area contributed by atoms with Gasteiger partial charge >= 0.3 is 12.4 Å². The van der Waals surface area contributed by atoms with Gasteiger partial charge in [0, 0.05) is 19.2 Å². The predicted octanol–water partition coefficient (Wildman–Crippen LogP) is 7.18. The summed E-state index contributed by atoms with van der Waals surface area (Å²) in [4.78, 5) is 2.32. The normalized spacial score (nSPS) is 25.7. The first-order chi connectivity index (χ1) is 18.5. The Morgan fingerprint density at radius 2 is 1.38 bits per heavy atom. The topological polar surface area (TPSA) is 32.7 Å². The summed E-state index contributed by atoms with van der Waals surface area (Å²) >= 11 is 0. The van der Waals surface area contributed by atoms with E-state index in [1.54, 1.807) is 0 Å². The predicted molar refractivity (Wildman–Crippen MR) is 133 cm³/mol. The van der Waals surface area contributed by atoms with Gasteiger partial charge in [-0.05, 0) is 60.1 Å². The molecule has 2 bridgehead atoms. The lowest BCUT2D eigenvalue weighted by Gasteiger charge is -2.50. The molecular formula is C30H29F6NO2. The number of aliphatic hydroxyl groups excluding tert-OH is 1. The molecule has 0 saturated carbocycles. The Kier molecular flexibility index (Phi) is 7.52. The Labute approximate surface area is 223 Å². The number of ether oxygens (including phenoxy) is 1. The third-order valence-electron chi connectivity index (χ3n) is 8.09. The van der Waals surface area contributed by atoms with Crippen LogP contribution >= 0.6 is 0 Å². The Balaban J connectivity index is 1.52. The quantitative estimate of drug-likeness (QED) is 0.317. The van der Waals surface area contributed by atoms with Crippen molar-refractivity contribution in [3.05, 3.63) is 107 Å². The molecule has 0 spiro atoms. The van der Waals surface area contributed by atoms with Crippen LogP contribution in [0.3, 0.4) is 0 Å². The van der Waals surface area contributed by atoms with E-state index in [1.165, 1.54) is 0 Å². The number of benzene rings is 3. The fourth-order valence-corrected chi connectivity index (χ4v) is 6.41. The lowest BCUT2D eigenvalue weighted by atomic mass is 9.78. The lowest BCUT2D eigenvalue weighted by Crippen LogP contribution is -2.56. The highest BCUT2D eigenvalue weighted by Crippen LogP contribution is 2.55. The second-order valence-corrected chi connectivity index (χ2v) is 10.4. The first kappa shape index (κ1) is 27.7. The molecule has 0 amide bonds. The van der Waals surface area contributed by atoms with Crippen molar-refractivity contribution in [1.29, 1.82) is 0 Å². The second-order valence-electron chi connectivity index (χ2n) is 10.4. The van der Waals surface area contributed by atoms with Gasteiger partial charge in [-0.2, -0.15) is 26.3 Å². The molecule has 9 heteroatoms. The Hall–Kier alpha value is -2.88. The number of hydrogen-bond acceptors (Lipinski definition) is 3. The molecule has 3 aromatic rings. The summed E-state index contributed by atoms with van der Waals surface area (Å²) in [6.45, 7) is 0.137. The average Bonchev–Trinajstić information content (AvgIpc) is 3.11. The Bertz CT molecular complexity index is 1230. The first-order valence-corrected chi connectivity index (χ1v) is 12.9. The van der Waals surface area contributed by atoms with Gasteiger partial charge in [0.2, 0.25) is 0 Å². The molecule has 5 rings (SSSR count). The van der Waals surface area contributed by atoms with E-state index >= 15 is 0 Å². The number of fused-ring (bicyclic) bond motifs is 2. The number of hydrogen-bond donors (Lipinski definition) is 1. The highest BCUT2D eigenvalue weighted by atomic mass is 19.4. The van der Waals surface area contributed by atoms with Gasteiger partial charge in [0.25, 0.3) is 0 Å². The van der Waals surface area contributed by atoms with Crippen LogP contribution in [0.15, 0.2) is 78.9 Å². The van der Waals surface area contributed by atoms with E-state index in [2.05, 4.69) is 4.90 Å². The molecule has 3 aromatic carbocycles. The summed E-state index contributed by atoms with van der Waals surface area (Å²) in [5, 5.41) is 10.3. The van der Waals surface area contributed by atoms with Gasteiger partial charge < -0.3 is 9.84 Å². The molecule has 2 heterocycles. The summed E-state index contributed by atoms with van der Waals surface area (Å²) in [5.74, 6) is -0.0482. The van der Waals surface area contributed by atoms with Crippen molar-refractivity contribution in [3.8, 4) is 0 Å². The van der Waals surface area contributed by atoms with Gasteiger partial charge in [-0.25, -0.2) is 0 Å². The maximum atomic E-state index is 13.4. The number of nitrogens with zero attached hydrogens (tertiary/aromatic N) is 1. The van der Waals surface area contributed by atoms with Crippen LogP contribution in [0, 0.1) is 5.92 Å². The largest absolute Gasteiger partial charge is 0.416 e. The Morgan fingerprint density at radius 3 is 1.95 bits per heavy atom. The second kappa shape index (κ2) is 10.6. The Morgan fingerprint density at radius 1 is 0.795 bits per heavy atom. The minimum atomic E-state index is -4.92. The van der Waals surface area contributed by atoms with Crippen molar-refractivity contribution in [1.82, 2.24) is 4.90 Å². The van der Waals surface area contributed by atoms with Crippen LogP contribution < -0.4 is 0 Å². The molecule has 2 fully saturated rings. The smallest absolute Gasteiger partial charge is 0.396 e. The molecule has 4 atom stereocenters. The third-order valence-corrected chi connectivity index (χ3v) is 8.09. The fraction of sp³-hybridized carbons (Fsp3) is 0.400. The third kappa shape index (κ3) is 5.44. The van der Waals surface area contributed by atoms with E-state index in [4.69, 9.17) is 4.74 Å². The van der Waals surface area contributed by atoms with Crippen molar-refractivity contribution in [3.63, 3.8) is 0 Å². The number of aliphatic hydroxyl groups is 1. The van der Waals surface area contributed by atoms with E-state index in [9.17, 15) is 31.4 Å². The number of alkyl halides is 6. The molecule has 39 heavy (non-hydrogen) atoms. The van der Waals surface area contributed by atoms with Crippen LogP contribution in [-0.4, -0.2) is 28.8 Å². The molecule has 2 aliphatic rings. The van der Waals surface area contributed by atoms with Crippen molar-refractivity contribution >= 4 is 0 Å². The van der Waals surface area contributed by atoms with Crippen LogP contribution in [0.5, 0.6) is 0 Å². The van der Waals surface area contributed by atoms with Crippen LogP contribution in [0.2, 0.25) is 0 Å². The van der Waals surface area contributed by atoms with E-state index in [0.29, 0.717) is 25.8 Å². The monoisotopic (exact) mass is 549 g/mol. The van der Waals surface area contributed by atoms with Gasteiger partial charge in [-0.15, -0.1) is 0 Å². The van der Waals surface area contributed by atoms with Crippen LogP contribution in [0.25, 0.3) is 0 Å². The number of halogens is 6. The summed E-state index contributed by atoms with van der Waals surface area (Å²) in [5.41, 5.74) is -1.59. The average molecular weight is 550 g/mol. The molecule has 2 saturated heterocycles. The van der Waals surface area contributed by atoms with Gasteiger partial charge in [0.1, 0.15) is 0 Å². The molecule has 0 radical (unpaired) electrons. The minimum absolute atomic E-state index is 0.0279. The molecule has 4 unspecified atom stereocenters. The standard InChI is InChI=1S/C30H29F6NO2/c31-29(32,33)24-13-21(14-25(15-24)30(34,35)36)19-39-27-12-11-26-22(18-38)16-28(27,23-9-5-2-6-10-23)37(26)17-20-7-3-1-4-8-20/h1-10,13-15,22,26-27,38H,11-12,16-19H2. The van der Waals surface area contributed by atoms with E-state index < -0.39 is 41.7 Å². The lowest BCUT2D eigenvalue weighted by molar-refractivity contribution is -0.143. The minimum Gasteiger partial charge on any atom is -0.396 e. The maximum absolute atomic E-state index is 13.4. The molecule has 208 valence electrons. The molecule has 2 aliphatic heterocycles. The summed E-state index contributed by atoms with van der Waals surface area (Å²) in [6.07, 6.45) is -8.55. The zero-order valence-corrected chi connectivity index (χ0v) is 21.1. The highest BCUT2D eigenvalue weighted by Gasteiger charge is 2.59. The van der Waals surface area contributed by atoms with Gasteiger partial charge in [0.15, 0.2) is 0 Å². The summed E-state index contributed by atoms with van der Waals surface area (Å²) in [6, 6.07) is 21.1. The molecule has 1 N–H and O–H groups in total. The van der Waals surface area contributed by atoms with Gasteiger partial charge in [-0.1, -0.05) is 60.7 Å². The molecule has 0 aromatic heterocycles. The van der Waals surface area contributed by atoms with Crippen molar-refractivity contribution in [2.75, 3.05) is 6.61 Å². The zero-order valence-electron chi connectivity index (χ0n) is 21.1. The highest BCUT2D eigenvalue weighted by molar-refractivity contribution is 5.34. The summed E-state index contributed by atoms with van der Waals surface area (Å²) in [7, 11) is 0. The van der Waals surface area contributed by atoms with Crippen LogP contribution in [-0.2, 0) is 35.8 Å². The van der Waals surface area contributed by atoms with Crippen molar-refractivity contribution in [2.24, 2.45) is 5.92 Å². The number of piperidine rings is 1. The number of rotatable bonds is 7. The van der Waals surface area contributed by atoms with Gasteiger partial charge in [0.05, 0.1) is 29.4 Å². The molecule has 3 nitrogen and oxygen atoms in total.